The molecule has 0 aliphatic heterocycles. The summed E-state index contributed by atoms with van der Waals surface area (Å²) in [7, 11) is 0. The van der Waals surface area contributed by atoms with Crippen LogP contribution in [-0.4, -0.2) is 11.3 Å². The summed E-state index contributed by atoms with van der Waals surface area (Å²) in [4.78, 5) is 1.46. The fraction of sp³-hybridized carbons (Fsp3) is 0.571. The summed E-state index contributed by atoms with van der Waals surface area (Å²) >= 11 is 2.09. The fourth-order valence-electron chi connectivity index (χ4n) is 2.32. The van der Waals surface area contributed by atoms with Crippen molar-refractivity contribution in [3.63, 3.8) is 0 Å². The van der Waals surface area contributed by atoms with E-state index in [-0.39, 0.29) is 0 Å². The number of anilines is 1. The molecule has 2 fully saturated rings. The van der Waals surface area contributed by atoms with Crippen LogP contribution in [0.15, 0.2) is 29.2 Å². The molecular weight excluding hydrogens is 214 g/mol. The van der Waals surface area contributed by atoms with Crippen LogP contribution in [0.2, 0.25) is 0 Å². The van der Waals surface area contributed by atoms with Gasteiger partial charge in [-0.1, -0.05) is 25.0 Å². The molecule has 1 aromatic carbocycles. The highest BCUT2D eigenvalue weighted by molar-refractivity contribution is 8.00. The van der Waals surface area contributed by atoms with Crippen LogP contribution in [0.1, 0.15) is 38.5 Å². The van der Waals surface area contributed by atoms with Gasteiger partial charge in [0, 0.05) is 21.9 Å². The Morgan fingerprint density at radius 2 is 1.75 bits per heavy atom. The van der Waals surface area contributed by atoms with Crippen molar-refractivity contribution in [2.75, 3.05) is 5.32 Å². The molecule has 0 radical (unpaired) electrons. The van der Waals surface area contributed by atoms with E-state index in [1.165, 1.54) is 49.1 Å². The van der Waals surface area contributed by atoms with E-state index in [0.717, 1.165) is 11.3 Å². The summed E-state index contributed by atoms with van der Waals surface area (Å²) in [6.07, 6.45) is 8.36. The summed E-state index contributed by atoms with van der Waals surface area (Å²) in [6.45, 7) is 0. The van der Waals surface area contributed by atoms with Gasteiger partial charge in [-0.15, -0.1) is 11.8 Å². The van der Waals surface area contributed by atoms with Crippen molar-refractivity contribution in [1.82, 2.24) is 0 Å². The first-order valence-electron chi connectivity index (χ1n) is 6.44. The molecule has 16 heavy (non-hydrogen) atoms. The summed E-state index contributed by atoms with van der Waals surface area (Å²) < 4.78 is 0. The Balaban J connectivity index is 1.70. The van der Waals surface area contributed by atoms with Gasteiger partial charge in [0.1, 0.15) is 0 Å². The number of para-hydroxylation sites is 1. The minimum atomic E-state index is 0.755. The molecule has 0 saturated heterocycles. The molecule has 1 nitrogen and oxygen atoms in total. The summed E-state index contributed by atoms with van der Waals surface area (Å²) in [5.41, 5.74) is 1.36. The highest BCUT2D eigenvalue weighted by Gasteiger charge is 2.23. The van der Waals surface area contributed by atoms with Gasteiger partial charge in [0.15, 0.2) is 0 Å². The first kappa shape index (κ1) is 10.5. The molecule has 86 valence electrons. The van der Waals surface area contributed by atoms with Crippen molar-refractivity contribution in [3.8, 4) is 0 Å². The largest absolute Gasteiger partial charge is 0.381 e. The monoisotopic (exact) mass is 233 g/mol. The van der Waals surface area contributed by atoms with Crippen molar-refractivity contribution < 1.29 is 0 Å². The van der Waals surface area contributed by atoms with Crippen LogP contribution in [0.3, 0.4) is 0 Å². The molecule has 2 aliphatic rings. The Morgan fingerprint density at radius 1 is 1.00 bits per heavy atom. The van der Waals surface area contributed by atoms with E-state index in [4.69, 9.17) is 0 Å². The average molecular weight is 233 g/mol. The Hall–Kier alpha value is -0.630. The highest BCUT2D eigenvalue weighted by Crippen LogP contribution is 2.39. The second kappa shape index (κ2) is 4.70. The maximum absolute atomic E-state index is 3.64. The summed E-state index contributed by atoms with van der Waals surface area (Å²) in [5.74, 6) is 0. The van der Waals surface area contributed by atoms with Gasteiger partial charge in [-0.05, 0) is 37.8 Å². The molecule has 0 heterocycles. The number of nitrogens with one attached hydrogen (secondary N) is 1. The van der Waals surface area contributed by atoms with E-state index < -0.39 is 0 Å². The van der Waals surface area contributed by atoms with E-state index >= 15 is 0 Å². The number of thioether (sulfide) groups is 1. The van der Waals surface area contributed by atoms with Gasteiger partial charge in [-0.2, -0.15) is 0 Å². The van der Waals surface area contributed by atoms with Gasteiger partial charge in [-0.3, -0.25) is 0 Å². The lowest BCUT2D eigenvalue weighted by molar-refractivity contribution is 0.886. The van der Waals surface area contributed by atoms with Crippen LogP contribution < -0.4 is 5.32 Å². The smallest absolute Gasteiger partial charge is 0.0480 e. The highest BCUT2D eigenvalue weighted by atomic mass is 32.2. The van der Waals surface area contributed by atoms with Gasteiger partial charge in [0.2, 0.25) is 0 Å². The molecule has 2 heteroatoms. The standard InChI is InChI=1S/C14H19NS/c1-2-6-12(5-1)16-14-8-4-3-7-13(14)15-11-9-10-11/h3-4,7-8,11-12,15H,1-2,5-6,9-10H2. The van der Waals surface area contributed by atoms with E-state index in [9.17, 15) is 0 Å². The molecule has 0 aromatic heterocycles. The van der Waals surface area contributed by atoms with Gasteiger partial charge < -0.3 is 5.32 Å². The normalized spacial score (nSPS) is 21.2. The molecule has 0 amide bonds. The van der Waals surface area contributed by atoms with Crippen molar-refractivity contribution in [2.24, 2.45) is 0 Å². The van der Waals surface area contributed by atoms with E-state index in [2.05, 4.69) is 41.3 Å². The van der Waals surface area contributed by atoms with Crippen LogP contribution in [-0.2, 0) is 0 Å². The zero-order valence-corrected chi connectivity index (χ0v) is 10.4. The van der Waals surface area contributed by atoms with Crippen molar-refractivity contribution in [3.05, 3.63) is 24.3 Å². The Labute approximate surface area is 102 Å². The molecule has 2 aliphatic carbocycles. The number of benzene rings is 1. The van der Waals surface area contributed by atoms with Crippen LogP contribution in [0.25, 0.3) is 0 Å². The minimum Gasteiger partial charge on any atom is -0.381 e. The zero-order valence-electron chi connectivity index (χ0n) is 9.61. The molecule has 3 rings (SSSR count). The van der Waals surface area contributed by atoms with E-state index in [1.54, 1.807) is 0 Å². The Bertz CT molecular complexity index is 354. The maximum Gasteiger partial charge on any atom is 0.0480 e. The molecule has 0 atom stereocenters. The lowest BCUT2D eigenvalue weighted by atomic mass is 10.3. The molecule has 1 aromatic rings. The minimum absolute atomic E-state index is 0.755. The van der Waals surface area contributed by atoms with Crippen LogP contribution in [0, 0.1) is 0 Å². The van der Waals surface area contributed by atoms with Gasteiger partial charge >= 0.3 is 0 Å². The number of hydrogen-bond acceptors (Lipinski definition) is 2. The quantitative estimate of drug-likeness (QED) is 0.832. The first-order valence-corrected chi connectivity index (χ1v) is 7.32. The zero-order chi connectivity index (χ0) is 10.8. The maximum atomic E-state index is 3.64. The van der Waals surface area contributed by atoms with Crippen LogP contribution in [0.5, 0.6) is 0 Å². The number of hydrogen-bond donors (Lipinski definition) is 1. The first-order chi connectivity index (χ1) is 7.92. The summed E-state index contributed by atoms with van der Waals surface area (Å²) in [6, 6.07) is 9.56. The van der Waals surface area contributed by atoms with Crippen molar-refractivity contribution in [2.45, 2.75) is 54.7 Å². The Morgan fingerprint density at radius 3 is 2.50 bits per heavy atom. The predicted molar refractivity (Wildman–Crippen MR) is 71.2 cm³/mol. The second-order valence-electron chi connectivity index (χ2n) is 4.94. The Kier molecular flexibility index (Phi) is 3.09. The van der Waals surface area contributed by atoms with Crippen LogP contribution >= 0.6 is 11.8 Å². The molecule has 0 spiro atoms. The lowest BCUT2D eigenvalue weighted by Gasteiger charge is -2.14. The van der Waals surface area contributed by atoms with E-state index in [1.807, 2.05) is 0 Å². The van der Waals surface area contributed by atoms with Crippen molar-refractivity contribution >= 4 is 17.4 Å². The third kappa shape index (κ3) is 2.54. The van der Waals surface area contributed by atoms with Crippen molar-refractivity contribution in [1.29, 1.82) is 0 Å². The van der Waals surface area contributed by atoms with Gasteiger partial charge in [0.05, 0.1) is 0 Å². The number of rotatable bonds is 4. The van der Waals surface area contributed by atoms with Crippen LogP contribution in [0.4, 0.5) is 5.69 Å². The third-order valence-electron chi connectivity index (χ3n) is 3.42. The molecule has 0 unspecified atom stereocenters. The van der Waals surface area contributed by atoms with E-state index in [0.29, 0.717) is 0 Å². The van der Waals surface area contributed by atoms with Gasteiger partial charge in [-0.25, -0.2) is 0 Å². The fourth-order valence-corrected chi connectivity index (χ4v) is 3.66. The lowest BCUT2D eigenvalue weighted by Crippen LogP contribution is -2.03. The molecule has 2 saturated carbocycles. The third-order valence-corrected chi connectivity index (χ3v) is 4.83. The molecule has 1 N–H and O–H groups in total. The SMILES string of the molecule is c1ccc(SC2CCCC2)c(NC2CC2)c1. The van der Waals surface area contributed by atoms with Gasteiger partial charge in [0.25, 0.3) is 0 Å². The average Bonchev–Trinajstić information content (AvgIpc) is 2.96. The molecular formula is C14H19NS. The predicted octanol–water partition coefficient (Wildman–Crippen LogP) is 4.30. The topological polar surface area (TPSA) is 12.0 Å². The summed E-state index contributed by atoms with van der Waals surface area (Å²) in [5, 5.41) is 4.50. The second-order valence-corrected chi connectivity index (χ2v) is 6.28. The molecule has 0 bridgehead atoms.